The normalized spacial score (nSPS) is 10.1. The second kappa shape index (κ2) is 6.39. The molecule has 2 aromatic rings. The van der Waals surface area contributed by atoms with Crippen LogP contribution in [0.4, 0.5) is 5.69 Å². The summed E-state index contributed by atoms with van der Waals surface area (Å²) in [5.74, 6) is 0.816. The van der Waals surface area contributed by atoms with Crippen molar-refractivity contribution in [2.45, 2.75) is 6.42 Å². The van der Waals surface area contributed by atoms with Crippen molar-refractivity contribution in [2.24, 2.45) is 0 Å². The van der Waals surface area contributed by atoms with Crippen LogP contribution in [0, 0.1) is 0 Å². The zero-order chi connectivity index (χ0) is 13.5. The maximum atomic E-state index is 11.5. The number of benzene rings is 1. The smallest absolute Gasteiger partial charge is 0.257 e. The van der Waals surface area contributed by atoms with Gasteiger partial charge in [-0.3, -0.25) is 4.79 Å². The van der Waals surface area contributed by atoms with Crippen molar-refractivity contribution in [1.29, 1.82) is 0 Å². The number of hydrogen-bond donors (Lipinski definition) is 2. The second-order valence-corrected chi connectivity index (χ2v) is 3.77. The van der Waals surface area contributed by atoms with Crippen molar-refractivity contribution in [3.63, 3.8) is 0 Å². The lowest BCUT2D eigenvalue weighted by atomic mass is 10.3. The molecule has 0 bridgehead atoms. The van der Waals surface area contributed by atoms with Crippen LogP contribution < -0.4 is 15.8 Å². The van der Waals surface area contributed by atoms with E-state index in [9.17, 15) is 4.79 Å². The summed E-state index contributed by atoms with van der Waals surface area (Å²) in [7, 11) is 0. The van der Waals surface area contributed by atoms with E-state index in [0.717, 1.165) is 0 Å². The quantitative estimate of drug-likeness (QED) is 0.730. The molecular formula is C12H14N4O3. The molecule has 19 heavy (non-hydrogen) atoms. The molecule has 0 fully saturated rings. The van der Waals surface area contributed by atoms with Gasteiger partial charge in [0.05, 0.1) is 5.69 Å². The molecule has 0 unspecified atom stereocenters. The molecular weight excluding hydrogens is 248 g/mol. The van der Waals surface area contributed by atoms with Crippen LogP contribution in [0.25, 0.3) is 0 Å². The molecule has 0 aliphatic heterocycles. The van der Waals surface area contributed by atoms with Crippen LogP contribution in [0.2, 0.25) is 0 Å². The van der Waals surface area contributed by atoms with E-state index in [4.69, 9.17) is 10.5 Å². The third-order valence-electron chi connectivity index (χ3n) is 2.36. The first-order chi connectivity index (χ1) is 9.25. The van der Waals surface area contributed by atoms with Gasteiger partial charge in [-0.2, -0.15) is 4.98 Å². The Hall–Kier alpha value is -2.57. The Kier molecular flexibility index (Phi) is 4.33. The summed E-state index contributed by atoms with van der Waals surface area (Å²) < 4.78 is 9.88. The number of hydrogen-bond acceptors (Lipinski definition) is 6. The van der Waals surface area contributed by atoms with Crippen molar-refractivity contribution in [2.75, 3.05) is 18.9 Å². The molecule has 0 spiro atoms. The van der Waals surface area contributed by atoms with Gasteiger partial charge in [0.2, 0.25) is 6.39 Å². The number of amides is 1. The van der Waals surface area contributed by atoms with E-state index in [-0.39, 0.29) is 12.5 Å². The largest absolute Gasteiger partial charge is 0.482 e. The van der Waals surface area contributed by atoms with Gasteiger partial charge in [0.1, 0.15) is 5.75 Å². The molecule has 0 atom stereocenters. The third-order valence-corrected chi connectivity index (χ3v) is 2.36. The molecule has 1 amide bonds. The Morgan fingerprint density at radius 3 is 3.00 bits per heavy atom. The van der Waals surface area contributed by atoms with Gasteiger partial charge in [-0.15, -0.1) is 0 Å². The lowest BCUT2D eigenvalue weighted by molar-refractivity contribution is -0.123. The second-order valence-electron chi connectivity index (χ2n) is 3.77. The summed E-state index contributed by atoms with van der Waals surface area (Å²) in [4.78, 5) is 15.4. The SMILES string of the molecule is Nc1ccccc1OCC(=O)NCCc1ncon1. The summed E-state index contributed by atoms with van der Waals surface area (Å²) in [6.07, 6.45) is 1.76. The molecule has 7 nitrogen and oxygen atoms in total. The van der Waals surface area contributed by atoms with E-state index in [1.54, 1.807) is 24.3 Å². The van der Waals surface area contributed by atoms with Crippen molar-refractivity contribution < 1.29 is 14.1 Å². The molecule has 0 saturated heterocycles. The molecule has 100 valence electrons. The van der Waals surface area contributed by atoms with E-state index in [1.165, 1.54) is 6.39 Å². The van der Waals surface area contributed by atoms with Crippen LogP contribution in [0.3, 0.4) is 0 Å². The number of ether oxygens (including phenoxy) is 1. The average Bonchev–Trinajstić information content (AvgIpc) is 2.91. The Balaban J connectivity index is 1.69. The molecule has 0 aliphatic carbocycles. The minimum absolute atomic E-state index is 0.0829. The minimum atomic E-state index is -0.230. The lowest BCUT2D eigenvalue weighted by Gasteiger charge is -2.08. The Labute approximate surface area is 109 Å². The molecule has 1 aromatic heterocycles. The monoisotopic (exact) mass is 262 g/mol. The van der Waals surface area contributed by atoms with Crippen molar-refractivity contribution in [3.8, 4) is 5.75 Å². The number of carbonyl (C=O) groups excluding carboxylic acids is 1. The fourth-order valence-electron chi connectivity index (χ4n) is 1.42. The number of nitrogens with zero attached hydrogens (tertiary/aromatic N) is 2. The van der Waals surface area contributed by atoms with E-state index in [0.29, 0.717) is 30.2 Å². The average molecular weight is 262 g/mol. The van der Waals surface area contributed by atoms with Gasteiger partial charge in [0.25, 0.3) is 5.91 Å². The van der Waals surface area contributed by atoms with Crippen LogP contribution in [0.5, 0.6) is 5.75 Å². The highest BCUT2D eigenvalue weighted by atomic mass is 16.5. The van der Waals surface area contributed by atoms with Crippen LogP contribution in [0.15, 0.2) is 35.2 Å². The van der Waals surface area contributed by atoms with E-state index >= 15 is 0 Å². The fraction of sp³-hybridized carbons (Fsp3) is 0.250. The van der Waals surface area contributed by atoms with Crippen LogP contribution >= 0.6 is 0 Å². The van der Waals surface area contributed by atoms with Crippen molar-refractivity contribution >= 4 is 11.6 Å². The summed E-state index contributed by atoms with van der Waals surface area (Å²) in [6, 6.07) is 7.01. The number of nitrogen functional groups attached to an aromatic ring is 1. The van der Waals surface area contributed by atoms with Gasteiger partial charge >= 0.3 is 0 Å². The van der Waals surface area contributed by atoms with Crippen LogP contribution in [0.1, 0.15) is 5.82 Å². The van der Waals surface area contributed by atoms with Gasteiger partial charge in [-0.1, -0.05) is 17.3 Å². The van der Waals surface area contributed by atoms with Crippen LogP contribution in [-0.2, 0) is 11.2 Å². The van der Waals surface area contributed by atoms with Crippen molar-refractivity contribution in [1.82, 2.24) is 15.5 Å². The van der Waals surface area contributed by atoms with E-state index in [2.05, 4.69) is 20.0 Å². The van der Waals surface area contributed by atoms with Gasteiger partial charge in [-0.25, -0.2) is 0 Å². The molecule has 0 saturated carbocycles. The molecule has 0 aliphatic rings. The molecule has 2 rings (SSSR count). The Morgan fingerprint density at radius 2 is 2.26 bits per heavy atom. The number of rotatable bonds is 6. The molecule has 7 heteroatoms. The maximum Gasteiger partial charge on any atom is 0.257 e. The van der Waals surface area contributed by atoms with Gasteiger partial charge in [-0.05, 0) is 12.1 Å². The highest BCUT2D eigenvalue weighted by Crippen LogP contribution is 2.19. The number of nitrogens with one attached hydrogen (secondary N) is 1. The van der Waals surface area contributed by atoms with Gasteiger partial charge in [0.15, 0.2) is 12.4 Å². The summed E-state index contributed by atoms with van der Waals surface area (Å²) >= 11 is 0. The first kappa shape index (κ1) is 12.9. The maximum absolute atomic E-state index is 11.5. The minimum Gasteiger partial charge on any atom is -0.482 e. The predicted molar refractivity (Wildman–Crippen MR) is 67.4 cm³/mol. The fourth-order valence-corrected chi connectivity index (χ4v) is 1.42. The number of nitrogens with two attached hydrogens (primary N) is 1. The first-order valence-electron chi connectivity index (χ1n) is 5.75. The Morgan fingerprint density at radius 1 is 1.42 bits per heavy atom. The highest BCUT2D eigenvalue weighted by Gasteiger charge is 2.05. The van der Waals surface area contributed by atoms with Crippen LogP contribution in [-0.4, -0.2) is 29.2 Å². The first-order valence-corrected chi connectivity index (χ1v) is 5.75. The third kappa shape index (κ3) is 3.98. The molecule has 1 aromatic carbocycles. The van der Waals surface area contributed by atoms with Crippen molar-refractivity contribution in [3.05, 3.63) is 36.5 Å². The van der Waals surface area contributed by atoms with Gasteiger partial charge in [0, 0.05) is 13.0 Å². The van der Waals surface area contributed by atoms with E-state index < -0.39 is 0 Å². The zero-order valence-electron chi connectivity index (χ0n) is 10.2. The number of carbonyl (C=O) groups is 1. The summed E-state index contributed by atoms with van der Waals surface area (Å²) in [5.41, 5.74) is 6.19. The standard InChI is InChI=1S/C12H14N4O3/c13-9-3-1-2-4-10(9)18-7-12(17)14-6-5-11-15-8-19-16-11/h1-4,8H,5-7,13H2,(H,14,17). The summed E-state index contributed by atoms with van der Waals surface area (Å²) in [6.45, 7) is 0.340. The number of anilines is 1. The zero-order valence-corrected chi connectivity index (χ0v) is 10.2. The molecule has 1 heterocycles. The van der Waals surface area contributed by atoms with Gasteiger partial charge < -0.3 is 20.3 Å². The molecule has 0 radical (unpaired) electrons. The lowest BCUT2D eigenvalue weighted by Crippen LogP contribution is -2.30. The Bertz CT molecular complexity index is 528. The number of para-hydroxylation sites is 2. The summed E-state index contributed by atoms with van der Waals surface area (Å²) in [5, 5.41) is 6.32. The van der Waals surface area contributed by atoms with E-state index in [1.807, 2.05) is 0 Å². The molecule has 3 N–H and O–H groups in total. The topological polar surface area (TPSA) is 103 Å². The highest BCUT2D eigenvalue weighted by molar-refractivity contribution is 5.77. The number of aromatic nitrogens is 2. The predicted octanol–water partition coefficient (Wildman–Crippen LogP) is 0.389.